The van der Waals surface area contributed by atoms with Gasteiger partial charge < -0.3 is 4.42 Å². The fourth-order valence-electron chi connectivity index (χ4n) is 3.05. The number of aromatic nitrogens is 3. The highest BCUT2D eigenvalue weighted by Crippen LogP contribution is 2.34. The van der Waals surface area contributed by atoms with Crippen molar-refractivity contribution in [2.45, 2.75) is 13.8 Å². The molecule has 0 aliphatic heterocycles. The Morgan fingerprint density at radius 3 is 2.68 bits per heavy atom. The van der Waals surface area contributed by atoms with E-state index in [4.69, 9.17) is 15.2 Å². The molecule has 0 atom stereocenters. The zero-order chi connectivity index (χ0) is 20.0. The van der Waals surface area contributed by atoms with Crippen molar-refractivity contribution in [3.63, 3.8) is 0 Å². The van der Waals surface area contributed by atoms with Crippen molar-refractivity contribution in [3.05, 3.63) is 66.1 Å². The molecular formula is C20H17F2N5O. The molecule has 0 saturated heterocycles. The Labute approximate surface area is 158 Å². The second-order valence-electron chi connectivity index (χ2n) is 6.70. The van der Waals surface area contributed by atoms with Crippen LogP contribution in [0.2, 0.25) is 0 Å². The first kappa shape index (κ1) is 17.8. The molecule has 0 saturated carbocycles. The first-order chi connectivity index (χ1) is 13.4. The van der Waals surface area contributed by atoms with E-state index in [9.17, 15) is 8.78 Å². The number of nitrogens with zero attached hydrogens (tertiary/aromatic N) is 3. The lowest BCUT2D eigenvalue weighted by molar-refractivity contribution is 0.585. The average molecular weight is 381 g/mol. The van der Waals surface area contributed by atoms with Crippen LogP contribution in [0.4, 0.5) is 8.78 Å². The van der Waals surface area contributed by atoms with E-state index in [1.807, 2.05) is 13.8 Å². The van der Waals surface area contributed by atoms with Crippen LogP contribution < -0.4 is 5.49 Å². The second kappa shape index (κ2) is 6.56. The molecule has 0 bridgehead atoms. The summed E-state index contributed by atoms with van der Waals surface area (Å²) in [6, 6.07) is 6.58. The largest absolute Gasteiger partial charge is 0.432 e. The van der Waals surface area contributed by atoms with Gasteiger partial charge in [0.2, 0.25) is 0 Å². The number of pyridine rings is 1. The summed E-state index contributed by atoms with van der Waals surface area (Å²) in [6.45, 7) is 3.74. The molecule has 3 aromatic heterocycles. The maximum absolute atomic E-state index is 14.5. The summed E-state index contributed by atoms with van der Waals surface area (Å²) in [6.07, 6.45) is 4.75. The van der Waals surface area contributed by atoms with Crippen LogP contribution in [0.25, 0.3) is 28.4 Å². The van der Waals surface area contributed by atoms with Crippen LogP contribution >= 0.6 is 0 Å². The van der Waals surface area contributed by atoms with Crippen molar-refractivity contribution in [2.24, 2.45) is 5.92 Å². The van der Waals surface area contributed by atoms with E-state index in [1.165, 1.54) is 23.0 Å². The van der Waals surface area contributed by atoms with Crippen molar-refractivity contribution < 1.29 is 13.2 Å². The summed E-state index contributed by atoms with van der Waals surface area (Å²) in [4.78, 5) is 4.37. The van der Waals surface area contributed by atoms with E-state index in [0.29, 0.717) is 11.3 Å². The fraction of sp³-hybridized carbons (Fsp3) is 0.150. The van der Waals surface area contributed by atoms with Gasteiger partial charge in [-0.1, -0.05) is 13.8 Å². The molecule has 0 amide bonds. The Morgan fingerprint density at radius 2 is 1.96 bits per heavy atom. The van der Waals surface area contributed by atoms with E-state index in [1.54, 1.807) is 28.9 Å². The van der Waals surface area contributed by atoms with Crippen LogP contribution in [0.15, 0.2) is 53.4 Å². The van der Waals surface area contributed by atoms with Crippen LogP contribution in [0.5, 0.6) is 0 Å². The summed E-state index contributed by atoms with van der Waals surface area (Å²) in [7, 11) is 0. The van der Waals surface area contributed by atoms with Gasteiger partial charge in [0, 0.05) is 35.5 Å². The molecule has 4 aromatic rings. The molecule has 4 rings (SSSR count). The molecule has 8 heteroatoms. The molecule has 2 N–H and O–H groups in total. The number of hydrogen-bond acceptors (Lipinski definition) is 4. The van der Waals surface area contributed by atoms with Gasteiger partial charge in [-0.3, -0.25) is 19.8 Å². The maximum Gasteiger partial charge on any atom is 0.306 e. The first-order valence-corrected chi connectivity index (χ1v) is 8.64. The zero-order valence-electron chi connectivity index (χ0n) is 15.2. The van der Waals surface area contributed by atoms with Gasteiger partial charge in [0.05, 0.1) is 5.69 Å². The Hall–Kier alpha value is -3.55. The Balaban J connectivity index is 1.99. The van der Waals surface area contributed by atoms with Crippen molar-refractivity contribution in [2.75, 3.05) is 0 Å². The van der Waals surface area contributed by atoms with Gasteiger partial charge >= 0.3 is 5.84 Å². The lowest BCUT2D eigenvalue weighted by atomic mass is 10.1. The van der Waals surface area contributed by atoms with Crippen LogP contribution in [-0.4, -0.2) is 19.8 Å². The number of halogens is 2. The van der Waals surface area contributed by atoms with Gasteiger partial charge in [-0.2, -0.15) is 4.98 Å². The lowest BCUT2D eigenvalue weighted by Gasteiger charge is -2.14. The molecule has 28 heavy (non-hydrogen) atoms. The summed E-state index contributed by atoms with van der Waals surface area (Å²) in [5.74, 6) is -0.976. The van der Waals surface area contributed by atoms with Crippen molar-refractivity contribution >= 4 is 11.7 Å². The topological polar surface area (TPSA) is 83.1 Å². The van der Waals surface area contributed by atoms with Gasteiger partial charge in [0.1, 0.15) is 34.9 Å². The smallest absolute Gasteiger partial charge is 0.306 e. The third-order valence-corrected chi connectivity index (χ3v) is 4.48. The monoisotopic (exact) mass is 381 g/mol. The van der Waals surface area contributed by atoms with E-state index in [0.717, 1.165) is 6.07 Å². The highest BCUT2D eigenvalue weighted by atomic mass is 19.1. The Kier molecular flexibility index (Phi) is 4.18. The summed E-state index contributed by atoms with van der Waals surface area (Å²) >= 11 is 0. The van der Waals surface area contributed by atoms with E-state index in [-0.39, 0.29) is 34.3 Å². The minimum Gasteiger partial charge on any atom is -0.432 e. The Bertz CT molecular complexity index is 1270. The number of imidazole rings is 1. The van der Waals surface area contributed by atoms with Crippen LogP contribution in [0.3, 0.4) is 0 Å². The first-order valence-electron chi connectivity index (χ1n) is 8.64. The van der Waals surface area contributed by atoms with Crippen molar-refractivity contribution in [1.82, 2.24) is 14.0 Å². The molecule has 1 aromatic carbocycles. The van der Waals surface area contributed by atoms with Crippen molar-refractivity contribution in [1.29, 1.82) is 10.8 Å². The third-order valence-electron chi connectivity index (χ3n) is 4.48. The molecule has 0 spiro atoms. The van der Waals surface area contributed by atoms with Gasteiger partial charge in [-0.25, -0.2) is 8.78 Å². The predicted molar refractivity (Wildman–Crippen MR) is 100 cm³/mol. The van der Waals surface area contributed by atoms with E-state index < -0.39 is 11.6 Å². The van der Waals surface area contributed by atoms with E-state index >= 15 is 0 Å². The standard InChI is InChI=1S/C20H17F2N5O/c1-11(2)19(24)27-10-12(3-6-16(27)23)18-17(25-20-26(18)7-8-28-20)14-5-4-13(21)9-15(14)22/h3-11,23-24H,1-2H3. The summed E-state index contributed by atoms with van der Waals surface area (Å²) in [5, 5.41) is 16.4. The number of benzene rings is 1. The molecule has 0 aliphatic carbocycles. The highest BCUT2D eigenvalue weighted by molar-refractivity contribution is 5.86. The van der Waals surface area contributed by atoms with Gasteiger partial charge in [-0.05, 0) is 24.3 Å². The number of hydrogen-bond donors (Lipinski definition) is 2. The molecular weight excluding hydrogens is 364 g/mol. The van der Waals surface area contributed by atoms with E-state index in [2.05, 4.69) is 4.98 Å². The molecule has 0 radical (unpaired) electrons. The van der Waals surface area contributed by atoms with Crippen LogP contribution in [0.1, 0.15) is 13.8 Å². The summed E-state index contributed by atoms with van der Waals surface area (Å²) < 4.78 is 36.3. The number of oxazole rings is 1. The van der Waals surface area contributed by atoms with Gasteiger partial charge in [0.15, 0.2) is 0 Å². The number of fused-ring (bicyclic) bond motifs is 1. The fourth-order valence-corrected chi connectivity index (χ4v) is 3.05. The molecule has 142 valence electrons. The lowest BCUT2D eigenvalue weighted by Crippen LogP contribution is -2.29. The summed E-state index contributed by atoms with van der Waals surface area (Å²) in [5.41, 5.74) is 1.73. The average Bonchev–Trinajstić information content (AvgIpc) is 3.23. The van der Waals surface area contributed by atoms with Crippen LogP contribution in [0, 0.1) is 28.4 Å². The molecule has 0 aliphatic rings. The van der Waals surface area contributed by atoms with Gasteiger partial charge in [-0.15, -0.1) is 0 Å². The normalized spacial score (nSPS) is 11.5. The molecule has 6 nitrogen and oxygen atoms in total. The predicted octanol–water partition coefficient (Wildman–Crippen LogP) is 4.30. The Morgan fingerprint density at radius 1 is 1.18 bits per heavy atom. The second-order valence-corrected chi connectivity index (χ2v) is 6.70. The number of nitrogens with one attached hydrogen (secondary N) is 2. The minimum atomic E-state index is -0.734. The quantitative estimate of drug-likeness (QED) is 0.410. The van der Waals surface area contributed by atoms with Gasteiger partial charge in [0.25, 0.3) is 0 Å². The maximum atomic E-state index is 14.5. The molecule has 0 fully saturated rings. The molecule has 3 heterocycles. The number of rotatable bonds is 3. The van der Waals surface area contributed by atoms with Crippen LogP contribution in [-0.2, 0) is 0 Å². The van der Waals surface area contributed by atoms with Crippen molar-refractivity contribution in [3.8, 4) is 22.5 Å². The minimum absolute atomic E-state index is 0.0854. The SMILES string of the molecule is CC(C)C(=N)n1cc(-c2c(-c3ccc(F)cc3F)nc3occn23)ccc1=N. The third kappa shape index (κ3) is 2.83. The zero-order valence-corrected chi connectivity index (χ0v) is 15.2. The molecule has 0 unspecified atom stereocenters. The highest BCUT2D eigenvalue weighted by Gasteiger charge is 2.21.